The van der Waals surface area contributed by atoms with Crippen molar-refractivity contribution in [2.45, 2.75) is 44.4 Å². The summed E-state index contributed by atoms with van der Waals surface area (Å²) in [6, 6.07) is 6.48. The highest BCUT2D eigenvalue weighted by molar-refractivity contribution is 7.99. The second-order valence-electron chi connectivity index (χ2n) is 7.43. The lowest BCUT2D eigenvalue weighted by atomic mass is 10.0. The Kier molecular flexibility index (Phi) is 6.05. The van der Waals surface area contributed by atoms with Crippen molar-refractivity contribution in [2.24, 2.45) is 5.92 Å². The number of amides is 2. The Bertz CT molecular complexity index is 637. The Morgan fingerprint density at radius 1 is 1.08 bits per heavy atom. The van der Waals surface area contributed by atoms with E-state index >= 15 is 0 Å². The number of fused-ring (bicyclic) bond motifs is 1. The molecule has 0 bridgehead atoms. The molecule has 3 rings (SSSR count). The van der Waals surface area contributed by atoms with E-state index in [1.165, 1.54) is 22.6 Å². The predicted molar refractivity (Wildman–Crippen MR) is 102 cm³/mol. The number of nitrogens with zero attached hydrogens (tertiary/aromatic N) is 2. The van der Waals surface area contributed by atoms with Crippen LogP contribution in [0.1, 0.15) is 37.8 Å². The van der Waals surface area contributed by atoms with E-state index in [0.29, 0.717) is 44.9 Å². The van der Waals surface area contributed by atoms with Crippen LogP contribution in [0.5, 0.6) is 0 Å². The molecule has 0 atom stereocenters. The largest absolute Gasteiger partial charge is 0.339 e. The Labute approximate surface area is 154 Å². The van der Waals surface area contributed by atoms with Crippen LogP contribution in [-0.4, -0.2) is 53.5 Å². The van der Waals surface area contributed by atoms with Gasteiger partial charge in [-0.3, -0.25) is 9.59 Å². The molecule has 0 unspecified atom stereocenters. The van der Waals surface area contributed by atoms with Crippen LogP contribution in [0.2, 0.25) is 0 Å². The van der Waals surface area contributed by atoms with Crippen molar-refractivity contribution in [3.8, 4) is 0 Å². The van der Waals surface area contributed by atoms with Crippen molar-refractivity contribution >= 4 is 23.6 Å². The van der Waals surface area contributed by atoms with Gasteiger partial charge in [-0.25, -0.2) is 0 Å². The lowest BCUT2D eigenvalue weighted by Crippen LogP contribution is -2.51. The first kappa shape index (κ1) is 18.3. The van der Waals surface area contributed by atoms with Crippen LogP contribution >= 0.6 is 11.8 Å². The van der Waals surface area contributed by atoms with E-state index in [1.54, 1.807) is 0 Å². The summed E-state index contributed by atoms with van der Waals surface area (Å²) in [6.07, 6.45) is 3.42. The fourth-order valence-electron chi connectivity index (χ4n) is 3.49. The van der Waals surface area contributed by atoms with Crippen LogP contribution in [-0.2, 0) is 22.4 Å². The van der Waals surface area contributed by atoms with Gasteiger partial charge in [0.15, 0.2) is 0 Å². The molecule has 1 fully saturated rings. The topological polar surface area (TPSA) is 40.6 Å². The third-order valence-electron chi connectivity index (χ3n) is 4.90. The maximum absolute atomic E-state index is 12.6. The first-order valence-electron chi connectivity index (χ1n) is 9.33. The normalized spacial score (nSPS) is 17.6. The summed E-state index contributed by atoms with van der Waals surface area (Å²) in [4.78, 5) is 29.9. The molecule has 0 saturated carbocycles. The first-order valence-corrected chi connectivity index (χ1v) is 10.3. The molecule has 4 nitrogen and oxygen atoms in total. The van der Waals surface area contributed by atoms with Gasteiger partial charge in [0.05, 0.1) is 6.42 Å². The molecular weight excluding hydrogens is 332 g/mol. The molecule has 5 heteroatoms. The van der Waals surface area contributed by atoms with Gasteiger partial charge < -0.3 is 9.80 Å². The second-order valence-corrected chi connectivity index (χ2v) is 8.57. The zero-order valence-electron chi connectivity index (χ0n) is 15.3. The van der Waals surface area contributed by atoms with Crippen molar-refractivity contribution in [3.05, 3.63) is 29.3 Å². The third-order valence-corrected chi connectivity index (χ3v) is 6.10. The molecule has 0 spiro atoms. The van der Waals surface area contributed by atoms with Crippen molar-refractivity contribution < 1.29 is 9.59 Å². The maximum atomic E-state index is 12.6. The molecule has 0 aliphatic carbocycles. The molecular formula is C20H28N2O2S. The number of benzene rings is 1. The lowest BCUT2D eigenvalue weighted by Gasteiger charge is -2.35. The fraction of sp³-hybridized carbons (Fsp3) is 0.600. The molecule has 2 aliphatic rings. The minimum Gasteiger partial charge on any atom is -0.339 e. The first-order chi connectivity index (χ1) is 12.0. The Morgan fingerprint density at radius 2 is 1.76 bits per heavy atom. The number of piperazine rings is 1. The minimum atomic E-state index is 0.180. The quantitative estimate of drug-likeness (QED) is 0.829. The Morgan fingerprint density at radius 3 is 2.44 bits per heavy atom. The van der Waals surface area contributed by atoms with Gasteiger partial charge >= 0.3 is 0 Å². The molecule has 0 radical (unpaired) electrons. The predicted octanol–water partition coefficient (Wildman–Crippen LogP) is 2.98. The van der Waals surface area contributed by atoms with Gasteiger partial charge in [-0.1, -0.05) is 26.0 Å². The summed E-state index contributed by atoms with van der Waals surface area (Å²) in [5.41, 5.74) is 2.51. The highest BCUT2D eigenvalue weighted by atomic mass is 32.2. The molecule has 25 heavy (non-hydrogen) atoms. The van der Waals surface area contributed by atoms with E-state index in [1.807, 2.05) is 21.6 Å². The summed E-state index contributed by atoms with van der Waals surface area (Å²) >= 11 is 1.92. The van der Waals surface area contributed by atoms with E-state index in [2.05, 4.69) is 32.0 Å². The molecule has 1 saturated heterocycles. The number of hydrogen-bond donors (Lipinski definition) is 0. The van der Waals surface area contributed by atoms with Gasteiger partial charge in [0, 0.05) is 37.5 Å². The molecule has 1 aromatic carbocycles. The Hall–Kier alpha value is -1.49. The maximum Gasteiger partial charge on any atom is 0.227 e. The number of hydrogen-bond acceptors (Lipinski definition) is 3. The summed E-state index contributed by atoms with van der Waals surface area (Å²) in [5.74, 6) is 1.98. The highest BCUT2D eigenvalue weighted by Crippen LogP contribution is 2.30. The van der Waals surface area contributed by atoms with Gasteiger partial charge in [0.25, 0.3) is 0 Å². The molecule has 2 heterocycles. The average Bonchev–Trinajstić information content (AvgIpc) is 2.61. The lowest BCUT2D eigenvalue weighted by molar-refractivity contribution is -0.139. The van der Waals surface area contributed by atoms with Gasteiger partial charge in [0.1, 0.15) is 0 Å². The van der Waals surface area contributed by atoms with E-state index < -0.39 is 0 Å². The van der Waals surface area contributed by atoms with Crippen LogP contribution in [0.15, 0.2) is 23.1 Å². The van der Waals surface area contributed by atoms with E-state index in [9.17, 15) is 9.59 Å². The number of rotatable bonds is 4. The van der Waals surface area contributed by atoms with Crippen molar-refractivity contribution in [1.29, 1.82) is 0 Å². The van der Waals surface area contributed by atoms with Crippen LogP contribution in [0.4, 0.5) is 0 Å². The van der Waals surface area contributed by atoms with Gasteiger partial charge in [0.2, 0.25) is 11.8 Å². The highest BCUT2D eigenvalue weighted by Gasteiger charge is 2.24. The smallest absolute Gasteiger partial charge is 0.227 e. The SMILES string of the molecule is CC(C)CC(=O)N1CCN(C(=O)Cc2ccc3c(c2)CCCS3)CC1. The minimum absolute atomic E-state index is 0.180. The van der Waals surface area contributed by atoms with Crippen molar-refractivity contribution in [2.75, 3.05) is 31.9 Å². The van der Waals surface area contributed by atoms with E-state index in [4.69, 9.17) is 0 Å². The van der Waals surface area contributed by atoms with Gasteiger partial charge in [-0.05, 0) is 41.7 Å². The standard InChI is InChI=1S/C20H28N2O2S/c1-15(2)12-19(23)21-7-9-22(10-8-21)20(24)14-16-5-6-18-17(13-16)4-3-11-25-18/h5-6,13,15H,3-4,7-12,14H2,1-2H3. The monoisotopic (exact) mass is 360 g/mol. The molecule has 2 amide bonds. The third kappa shape index (κ3) is 4.78. The van der Waals surface area contributed by atoms with Gasteiger partial charge in [-0.2, -0.15) is 0 Å². The average molecular weight is 361 g/mol. The molecule has 2 aliphatic heterocycles. The number of thioether (sulfide) groups is 1. The summed E-state index contributed by atoms with van der Waals surface area (Å²) in [6.45, 7) is 6.77. The van der Waals surface area contributed by atoms with E-state index in [-0.39, 0.29) is 11.8 Å². The van der Waals surface area contributed by atoms with Crippen LogP contribution in [0, 0.1) is 5.92 Å². The molecule has 1 aromatic rings. The van der Waals surface area contributed by atoms with Gasteiger partial charge in [-0.15, -0.1) is 11.8 Å². The fourth-order valence-corrected chi connectivity index (χ4v) is 4.51. The number of carbonyl (C=O) groups excluding carboxylic acids is 2. The van der Waals surface area contributed by atoms with Crippen molar-refractivity contribution in [3.63, 3.8) is 0 Å². The summed E-state index contributed by atoms with van der Waals surface area (Å²) in [5, 5.41) is 0. The second kappa shape index (κ2) is 8.26. The summed E-state index contributed by atoms with van der Waals surface area (Å²) < 4.78 is 0. The molecule has 0 aromatic heterocycles. The zero-order valence-corrected chi connectivity index (χ0v) is 16.1. The summed E-state index contributed by atoms with van der Waals surface area (Å²) in [7, 11) is 0. The number of aryl methyl sites for hydroxylation is 1. The van der Waals surface area contributed by atoms with Crippen molar-refractivity contribution in [1.82, 2.24) is 9.80 Å². The zero-order chi connectivity index (χ0) is 17.8. The molecule has 136 valence electrons. The Balaban J connectivity index is 1.52. The van der Waals surface area contributed by atoms with E-state index in [0.717, 1.165) is 12.0 Å². The van der Waals surface area contributed by atoms with Crippen LogP contribution in [0.3, 0.4) is 0 Å². The van der Waals surface area contributed by atoms with Crippen LogP contribution < -0.4 is 0 Å². The molecule has 0 N–H and O–H groups in total. The number of carbonyl (C=O) groups is 2. The van der Waals surface area contributed by atoms with Crippen LogP contribution in [0.25, 0.3) is 0 Å².